The minimum Gasteiger partial charge on any atom is -0.344 e. The standard InChI is InChI=1S/C20H24N2O/c23-20(18-12-6-2-7-13-18)21-19(17-10-4-1-5-11-17)16-22-14-8-3-9-15-22/h1-2,4-7,10-13,19H,3,8-9,14-16H2,(H,21,23). The van der Waals surface area contributed by atoms with Crippen molar-refractivity contribution in [1.29, 1.82) is 0 Å². The number of nitrogens with one attached hydrogen (secondary N) is 1. The van der Waals surface area contributed by atoms with Crippen LogP contribution in [0.2, 0.25) is 0 Å². The van der Waals surface area contributed by atoms with Crippen LogP contribution in [0.5, 0.6) is 0 Å². The number of hydrogen-bond acceptors (Lipinski definition) is 2. The fraction of sp³-hybridized carbons (Fsp3) is 0.350. The van der Waals surface area contributed by atoms with Crippen LogP contribution in [0.3, 0.4) is 0 Å². The number of rotatable bonds is 5. The molecule has 1 unspecified atom stereocenters. The van der Waals surface area contributed by atoms with Crippen LogP contribution >= 0.6 is 0 Å². The van der Waals surface area contributed by atoms with E-state index < -0.39 is 0 Å². The molecule has 23 heavy (non-hydrogen) atoms. The maximum atomic E-state index is 12.5. The number of carbonyl (C=O) groups excluding carboxylic acids is 1. The molecular weight excluding hydrogens is 284 g/mol. The third kappa shape index (κ3) is 4.42. The maximum absolute atomic E-state index is 12.5. The van der Waals surface area contributed by atoms with Crippen LogP contribution in [0, 0.1) is 0 Å². The molecule has 0 spiro atoms. The zero-order valence-electron chi connectivity index (χ0n) is 13.4. The average Bonchev–Trinajstić information content (AvgIpc) is 2.63. The van der Waals surface area contributed by atoms with Gasteiger partial charge in [-0.15, -0.1) is 0 Å². The lowest BCUT2D eigenvalue weighted by atomic mass is 10.0. The number of benzene rings is 2. The molecular formula is C20H24N2O. The van der Waals surface area contributed by atoms with Crippen molar-refractivity contribution in [2.75, 3.05) is 19.6 Å². The van der Waals surface area contributed by atoms with Crippen LogP contribution in [0.25, 0.3) is 0 Å². The molecule has 0 saturated carbocycles. The van der Waals surface area contributed by atoms with Crippen molar-refractivity contribution < 1.29 is 4.79 Å². The molecule has 1 amide bonds. The first-order valence-corrected chi connectivity index (χ1v) is 8.46. The van der Waals surface area contributed by atoms with E-state index in [1.165, 1.54) is 24.8 Å². The summed E-state index contributed by atoms with van der Waals surface area (Å²) < 4.78 is 0. The third-order valence-corrected chi connectivity index (χ3v) is 4.43. The SMILES string of the molecule is O=C(NC(CN1CCCCC1)c1ccccc1)c1ccccc1. The average molecular weight is 308 g/mol. The number of hydrogen-bond donors (Lipinski definition) is 1. The van der Waals surface area contributed by atoms with E-state index >= 15 is 0 Å². The lowest BCUT2D eigenvalue weighted by molar-refractivity contribution is 0.0920. The molecule has 1 fully saturated rings. The van der Waals surface area contributed by atoms with Crippen molar-refractivity contribution in [3.8, 4) is 0 Å². The Kier molecular flexibility index (Phi) is 5.43. The van der Waals surface area contributed by atoms with E-state index in [1.807, 2.05) is 48.5 Å². The second-order valence-corrected chi connectivity index (χ2v) is 6.16. The Morgan fingerprint density at radius 3 is 2.17 bits per heavy atom. The van der Waals surface area contributed by atoms with Gasteiger partial charge in [-0.05, 0) is 43.6 Å². The van der Waals surface area contributed by atoms with E-state index in [2.05, 4.69) is 22.3 Å². The topological polar surface area (TPSA) is 32.3 Å². The van der Waals surface area contributed by atoms with Gasteiger partial charge in [-0.25, -0.2) is 0 Å². The van der Waals surface area contributed by atoms with E-state index in [4.69, 9.17) is 0 Å². The van der Waals surface area contributed by atoms with Crippen molar-refractivity contribution in [2.24, 2.45) is 0 Å². The lowest BCUT2D eigenvalue weighted by Crippen LogP contribution is -2.40. The van der Waals surface area contributed by atoms with Gasteiger partial charge in [0.05, 0.1) is 6.04 Å². The molecule has 1 N–H and O–H groups in total. The molecule has 0 aliphatic carbocycles. The summed E-state index contributed by atoms with van der Waals surface area (Å²) in [5.74, 6) is -0.00328. The lowest BCUT2D eigenvalue weighted by Gasteiger charge is -2.31. The molecule has 1 saturated heterocycles. The van der Waals surface area contributed by atoms with Crippen LogP contribution in [0.15, 0.2) is 60.7 Å². The summed E-state index contributed by atoms with van der Waals surface area (Å²) in [4.78, 5) is 15.0. The van der Waals surface area contributed by atoms with E-state index in [0.29, 0.717) is 5.56 Å². The zero-order valence-corrected chi connectivity index (χ0v) is 13.4. The molecule has 0 bridgehead atoms. The number of amides is 1. The first-order chi connectivity index (χ1) is 11.3. The van der Waals surface area contributed by atoms with Gasteiger partial charge >= 0.3 is 0 Å². The Bertz CT molecular complexity index is 606. The van der Waals surface area contributed by atoms with E-state index in [1.54, 1.807) is 0 Å². The van der Waals surface area contributed by atoms with Crippen molar-refractivity contribution in [2.45, 2.75) is 25.3 Å². The minimum absolute atomic E-state index is 0.00328. The highest BCUT2D eigenvalue weighted by Crippen LogP contribution is 2.18. The third-order valence-electron chi connectivity index (χ3n) is 4.43. The fourth-order valence-corrected chi connectivity index (χ4v) is 3.15. The van der Waals surface area contributed by atoms with Crippen LogP contribution in [0.4, 0.5) is 0 Å². The highest BCUT2D eigenvalue weighted by molar-refractivity contribution is 5.94. The first-order valence-electron chi connectivity index (χ1n) is 8.46. The molecule has 0 radical (unpaired) electrons. The molecule has 1 aliphatic heterocycles. The van der Waals surface area contributed by atoms with Gasteiger partial charge in [-0.2, -0.15) is 0 Å². The highest BCUT2D eigenvalue weighted by Gasteiger charge is 2.20. The molecule has 120 valence electrons. The van der Waals surface area contributed by atoms with Crippen LogP contribution in [-0.4, -0.2) is 30.4 Å². The molecule has 3 rings (SSSR count). The van der Waals surface area contributed by atoms with Crippen LogP contribution in [-0.2, 0) is 0 Å². The second kappa shape index (κ2) is 7.93. The quantitative estimate of drug-likeness (QED) is 0.914. The van der Waals surface area contributed by atoms with Crippen molar-refractivity contribution in [3.63, 3.8) is 0 Å². The monoisotopic (exact) mass is 308 g/mol. The summed E-state index contributed by atoms with van der Waals surface area (Å²) in [5.41, 5.74) is 1.88. The van der Waals surface area contributed by atoms with Gasteiger partial charge in [0.15, 0.2) is 0 Å². The van der Waals surface area contributed by atoms with Crippen molar-refractivity contribution in [3.05, 3.63) is 71.8 Å². The number of nitrogens with zero attached hydrogens (tertiary/aromatic N) is 1. The summed E-state index contributed by atoms with van der Waals surface area (Å²) >= 11 is 0. The fourth-order valence-electron chi connectivity index (χ4n) is 3.15. The smallest absolute Gasteiger partial charge is 0.251 e. The summed E-state index contributed by atoms with van der Waals surface area (Å²) in [6.07, 6.45) is 3.84. The Morgan fingerprint density at radius 1 is 0.913 bits per heavy atom. The predicted molar refractivity (Wildman–Crippen MR) is 93.4 cm³/mol. The Balaban J connectivity index is 1.73. The Morgan fingerprint density at radius 2 is 1.52 bits per heavy atom. The molecule has 1 aliphatic rings. The molecule has 0 aromatic heterocycles. The largest absolute Gasteiger partial charge is 0.344 e. The van der Waals surface area contributed by atoms with E-state index in [9.17, 15) is 4.79 Å². The summed E-state index contributed by atoms with van der Waals surface area (Å²) in [7, 11) is 0. The van der Waals surface area contributed by atoms with Crippen LogP contribution in [0.1, 0.15) is 41.2 Å². The summed E-state index contributed by atoms with van der Waals surface area (Å²) in [5, 5.41) is 3.22. The Hall–Kier alpha value is -2.13. The van der Waals surface area contributed by atoms with E-state index in [0.717, 1.165) is 19.6 Å². The van der Waals surface area contributed by atoms with Gasteiger partial charge in [0.1, 0.15) is 0 Å². The minimum atomic E-state index is -0.00328. The zero-order chi connectivity index (χ0) is 15.9. The molecule has 2 aromatic rings. The number of likely N-dealkylation sites (tertiary alicyclic amines) is 1. The van der Waals surface area contributed by atoms with Gasteiger partial charge in [0.25, 0.3) is 5.91 Å². The normalized spacial score (nSPS) is 16.7. The van der Waals surface area contributed by atoms with Crippen molar-refractivity contribution in [1.82, 2.24) is 10.2 Å². The van der Waals surface area contributed by atoms with Crippen LogP contribution < -0.4 is 5.32 Å². The van der Waals surface area contributed by atoms with Gasteiger partial charge in [0, 0.05) is 12.1 Å². The summed E-state index contributed by atoms with van der Waals surface area (Å²) in [6.45, 7) is 3.14. The predicted octanol–water partition coefficient (Wildman–Crippen LogP) is 3.64. The highest BCUT2D eigenvalue weighted by atomic mass is 16.1. The molecule has 2 aromatic carbocycles. The Labute approximate surface area is 138 Å². The number of piperidine rings is 1. The van der Waals surface area contributed by atoms with Gasteiger partial charge in [-0.3, -0.25) is 4.79 Å². The van der Waals surface area contributed by atoms with Gasteiger partial charge < -0.3 is 10.2 Å². The second-order valence-electron chi connectivity index (χ2n) is 6.16. The number of carbonyl (C=O) groups is 1. The maximum Gasteiger partial charge on any atom is 0.251 e. The molecule has 3 heteroatoms. The molecule has 3 nitrogen and oxygen atoms in total. The van der Waals surface area contributed by atoms with E-state index in [-0.39, 0.29) is 11.9 Å². The molecule has 1 atom stereocenters. The molecule has 1 heterocycles. The van der Waals surface area contributed by atoms with Gasteiger partial charge in [0.2, 0.25) is 0 Å². The van der Waals surface area contributed by atoms with Crippen molar-refractivity contribution >= 4 is 5.91 Å². The first kappa shape index (κ1) is 15.8. The summed E-state index contributed by atoms with van der Waals surface area (Å²) in [6, 6.07) is 19.8. The van der Waals surface area contributed by atoms with Gasteiger partial charge in [-0.1, -0.05) is 55.0 Å².